The van der Waals surface area contributed by atoms with E-state index in [9.17, 15) is 34.8 Å². The SMILES string of the molecule is O=S(=O)(Nc1c(Cl)cccc1Cl)c1cc(C(F)(F)F)cc(C(F)(F)F)c1. The lowest BCUT2D eigenvalue weighted by molar-refractivity contribution is -0.143. The van der Waals surface area contributed by atoms with E-state index in [1.807, 2.05) is 0 Å². The topological polar surface area (TPSA) is 46.2 Å². The average Bonchev–Trinajstić information content (AvgIpc) is 2.49. The van der Waals surface area contributed by atoms with E-state index in [1.54, 1.807) is 4.72 Å². The number of sulfonamides is 1. The number of hydrogen-bond donors (Lipinski definition) is 1. The quantitative estimate of drug-likeness (QED) is 0.613. The lowest BCUT2D eigenvalue weighted by Gasteiger charge is -2.16. The molecule has 0 amide bonds. The zero-order valence-corrected chi connectivity index (χ0v) is 14.5. The molecule has 0 unspecified atom stereocenters. The van der Waals surface area contributed by atoms with Gasteiger partial charge in [-0.05, 0) is 30.3 Å². The van der Waals surface area contributed by atoms with Crippen molar-refractivity contribution in [2.45, 2.75) is 17.2 Å². The first-order chi connectivity index (χ1) is 11.7. The highest BCUT2D eigenvalue weighted by Crippen LogP contribution is 2.38. The molecule has 0 fully saturated rings. The molecule has 0 spiro atoms. The van der Waals surface area contributed by atoms with Gasteiger partial charge in [-0.25, -0.2) is 8.42 Å². The van der Waals surface area contributed by atoms with Crippen molar-refractivity contribution in [2.24, 2.45) is 0 Å². The molecule has 2 rings (SSSR count). The van der Waals surface area contributed by atoms with Crippen molar-refractivity contribution in [3.63, 3.8) is 0 Å². The molecule has 0 aliphatic carbocycles. The third kappa shape index (κ3) is 4.54. The first-order valence-corrected chi connectivity index (χ1v) is 8.72. The van der Waals surface area contributed by atoms with E-state index in [-0.39, 0.29) is 33.9 Å². The van der Waals surface area contributed by atoms with E-state index < -0.39 is 38.4 Å². The lowest BCUT2D eigenvalue weighted by atomic mass is 10.1. The first kappa shape index (κ1) is 20.7. The highest BCUT2D eigenvalue weighted by atomic mass is 35.5. The second kappa shape index (κ2) is 6.82. The van der Waals surface area contributed by atoms with Gasteiger partial charge in [0, 0.05) is 0 Å². The van der Waals surface area contributed by atoms with E-state index in [1.165, 1.54) is 18.2 Å². The van der Waals surface area contributed by atoms with E-state index in [2.05, 4.69) is 0 Å². The summed E-state index contributed by atoms with van der Waals surface area (Å²) in [6, 6.07) is 3.83. The minimum atomic E-state index is -5.19. The minimum Gasteiger partial charge on any atom is -0.277 e. The fourth-order valence-corrected chi connectivity index (χ4v) is 3.64. The Kier molecular flexibility index (Phi) is 5.42. The van der Waals surface area contributed by atoms with Crippen LogP contribution in [0.15, 0.2) is 41.3 Å². The molecular weight excluding hydrogens is 431 g/mol. The largest absolute Gasteiger partial charge is 0.416 e. The highest BCUT2D eigenvalue weighted by molar-refractivity contribution is 7.92. The standard InChI is InChI=1S/C14H7Cl2F6NO2S/c15-10-2-1-3-11(16)12(10)23-26(24,25)9-5-7(13(17,18)19)4-8(6-9)14(20,21)22/h1-6,23H. The summed E-state index contributed by atoms with van der Waals surface area (Å²) in [7, 11) is -4.84. The molecule has 0 saturated carbocycles. The Balaban J connectivity index is 2.62. The monoisotopic (exact) mass is 437 g/mol. The summed E-state index contributed by atoms with van der Waals surface area (Å²) in [5.41, 5.74) is -3.90. The van der Waals surface area contributed by atoms with Crippen LogP contribution >= 0.6 is 23.2 Å². The van der Waals surface area contributed by atoms with Crippen LogP contribution in [0.25, 0.3) is 0 Å². The molecule has 0 bridgehead atoms. The molecule has 1 N–H and O–H groups in total. The second-order valence-electron chi connectivity index (χ2n) is 4.94. The van der Waals surface area contributed by atoms with Crippen LogP contribution in [-0.4, -0.2) is 8.42 Å². The van der Waals surface area contributed by atoms with Crippen molar-refractivity contribution in [2.75, 3.05) is 4.72 Å². The van der Waals surface area contributed by atoms with Crippen molar-refractivity contribution in [3.8, 4) is 0 Å². The maximum atomic E-state index is 12.9. The number of benzene rings is 2. The van der Waals surface area contributed by atoms with Crippen LogP contribution in [0.3, 0.4) is 0 Å². The van der Waals surface area contributed by atoms with Crippen molar-refractivity contribution in [1.29, 1.82) is 0 Å². The van der Waals surface area contributed by atoms with Gasteiger partial charge in [0.1, 0.15) is 0 Å². The number of para-hydroxylation sites is 1. The highest BCUT2D eigenvalue weighted by Gasteiger charge is 2.38. The molecule has 0 atom stereocenters. The van der Waals surface area contributed by atoms with Crippen molar-refractivity contribution in [1.82, 2.24) is 0 Å². The molecule has 26 heavy (non-hydrogen) atoms. The molecule has 2 aromatic rings. The summed E-state index contributed by atoms with van der Waals surface area (Å²) in [6.07, 6.45) is -10.4. The van der Waals surface area contributed by atoms with Crippen LogP contribution in [0.4, 0.5) is 32.0 Å². The van der Waals surface area contributed by atoms with Gasteiger partial charge in [-0.2, -0.15) is 26.3 Å². The number of anilines is 1. The molecule has 142 valence electrons. The molecule has 2 aromatic carbocycles. The van der Waals surface area contributed by atoms with Gasteiger partial charge in [0.25, 0.3) is 10.0 Å². The Morgan fingerprint density at radius 3 is 1.62 bits per heavy atom. The van der Waals surface area contributed by atoms with Crippen LogP contribution in [-0.2, 0) is 22.4 Å². The predicted octanol–water partition coefficient (Wildman–Crippen LogP) is 5.83. The molecule has 0 aliphatic rings. The summed E-state index contributed by atoms with van der Waals surface area (Å²) in [6.45, 7) is 0. The van der Waals surface area contributed by atoms with Crippen LogP contribution < -0.4 is 4.72 Å². The average molecular weight is 438 g/mol. The maximum absolute atomic E-state index is 12.9. The zero-order chi connectivity index (χ0) is 19.9. The summed E-state index contributed by atoms with van der Waals surface area (Å²) >= 11 is 11.5. The van der Waals surface area contributed by atoms with Crippen LogP contribution in [0, 0.1) is 0 Å². The summed E-state index contributed by atoms with van der Waals surface area (Å²) < 4.78 is 104. The molecule has 0 aliphatic heterocycles. The normalized spacial score (nSPS) is 12.9. The van der Waals surface area contributed by atoms with Crippen LogP contribution in [0.1, 0.15) is 11.1 Å². The molecule has 0 saturated heterocycles. The fraction of sp³-hybridized carbons (Fsp3) is 0.143. The third-order valence-electron chi connectivity index (χ3n) is 3.07. The zero-order valence-electron chi connectivity index (χ0n) is 12.2. The summed E-state index contributed by atoms with van der Waals surface area (Å²) in [4.78, 5) is -1.24. The van der Waals surface area contributed by atoms with Gasteiger partial charge in [-0.3, -0.25) is 4.72 Å². The maximum Gasteiger partial charge on any atom is 0.416 e. The van der Waals surface area contributed by atoms with E-state index >= 15 is 0 Å². The molecule has 3 nitrogen and oxygen atoms in total. The van der Waals surface area contributed by atoms with Crippen molar-refractivity contribution in [3.05, 3.63) is 57.6 Å². The lowest BCUT2D eigenvalue weighted by Crippen LogP contribution is -2.17. The third-order valence-corrected chi connectivity index (χ3v) is 5.03. The van der Waals surface area contributed by atoms with Gasteiger partial charge in [-0.15, -0.1) is 0 Å². The number of hydrogen-bond acceptors (Lipinski definition) is 2. The van der Waals surface area contributed by atoms with E-state index in [4.69, 9.17) is 23.2 Å². The Morgan fingerprint density at radius 2 is 1.23 bits per heavy atom. The number of halogens is 8. The predicted molar refractivity (Wildman–Crippen MR) is 83.7 cm³/mol. The Labute approximate surface area is 153 Å². The number of nitrogens with one attached hydrogen (secondary N) is 1. The molecule has 12 heteroatoms. The van der Waals surface area contributed by atoms with Gasteiger partial charge in [0.2, 0.25) is 0 Å². The number of alkyl halides is 6. The van der Waals surface area contributed by atoms with Gasteiger partial charge in [0.15, 0.2) is 0 Å². The fourth-order valence-electron chi connectivity index (χ4n) is 1.87. The van der Waals surface area contributed by atoms with Crippen molar-refractivity contribution >= 4 is 38.9 Å². The van der Waals surface area contributed by atoms with Crippen LogP contribution in [0.2, 0.25) is 10.0 Å². The van der Waals surface area contributed by atoms with Crippen LogP contribution in [0.5, 0.6) is 0 Å². The Bertz CT molecular complexity index is 889. The van der Waals surface area contributed by atoms with Gasteiger partial charge in [-0.1, -0.05) is 29.3 Å². The Morgan fingerprint density at radius 1 is 0.808 bits per heavy atom. The van der Waals surface area contributed by atoms with E-state index in [0.717, 1.165) is 0 Å². The smallest absolute Gasteiger partial charge is 0.277 e. The number of rotatable bonds is 3. The molecular formula is C14H7Cl2F6NO2S. The molecule has 0 heterocycles. The summed E-state index contributed by atoms with van der Waals surface area (Å²) in [5.74, 6) is 0. The summed E-state index contributed by atoms with van der Waals surface area (Å²) in [5, 5.41) is -0.381. The minimum absolute atomic E-state index is 0.0856. The van der Waals surface area contributed by atoms with Gasteiger partial charge >= 0.3 is 12.4 Å². The second-order valence-corrected chi connectivity index (χ2v) is 7.44. The van der Waals surface area contributed by atoms with E-state index in [0.29, 0.717) is 0 Å². The Hall–Kier alpha value is -1.65. The van der Waals surface area contributed by atoms with Crippen molar-refractivity contribution < 1.29 is 34.8 Å². The first-order valence-electron chi connectivity index (χ1n) is 6.48. The van der Waals surface area contributed by atoms with Gasteiger partial charge in [0.05, 0.1) is 31.8 Å². The molecule has 0 aromatic heterocycles. The van der Waals surface area contributed by atoms with Gasteiger partial charge < -0.3 is 0 Å². The molecule has 0 radical (unpaired) electrons.